The number of anilines is 1. The van der Waals surface area contributed by atoms with E-state index in [9.17, 15) is 26.4 Å². The molecule has 40 heavy (non-hydrogen) atoms. The minimum Gasteiger partial charge on any atom is -0.304 e. The Balaban J connectivity index is 1.49. The van der Waals surface area contributed by atoms with Crippen molar-refractivity contribution in [3.8, 4) is 0 Å². The quantitative estimate of drug-likeness (QED) is 0.327. The number of sulfonamides is 1. The Hall–Kier alpha value is -2.13. The molecular weight excluding hydrogens is 631 g/mol. The van der Waals surface area contributed by atoms with Gasteiger partial charge in [0.25, 0.3) is 0 Å². The zero-order valence-corrected chi connectivity index (χ0v) is 25.0. The fourth-order valence-corrected chi connectivity index (χ4v) is 8.28. The number of benzene rings is 1. The van der Waals surface area contributed by atoms with Crippen molar-refractivity contribution in [3.05, 3.63) is 46.1 Å². The number of hydrogen-bond donors (Lipinski definition) is 1. The summed E-state index contributed by atoms with van der Waals surface area (Å²) in [5, 5.41) is 3.08. The largest absolute Gasteiger partial charge is 0.417 e. The standard InChI is InChI=1S/C26H29BrF3N5O3S2/c1-34-10-12-35(13-11-34)40(37,38)21-8-6-17(15-19(21)26(28,29)30)18(14-16-4-2-3-5-16)23(36)33-25-31-20-7-9-22(27)32-24(20)39-25/h6-9,15-16,18H,2-5,10-14H2,1H3,(H,31,33,36). The zero-order valence-electron chi connectivity index (χ0n) is 21.7. The molecule has 2 fully saturated rings. The molecule has 3 aromatic rings. The van der Waals surface area contributed by atoms with Crippen LogP contribution in [0.4, 0.5) is 18.3 Å². The molecule has 216 valence electrons. The van der Waals surface area contributed by atoms with Crippen molar-refractivity contribution < 1.29 is 26.4 Å². The van der Waals surface area contributed by atoms with E-state index in [-0.39, 0.29) is 24.6 Å². The van der Waals surface area contributed by atoms with Gasteiger partial charge in [0.05, 0.1) is 16.4 Å². The lowest BCUT2D eigenvalue weighted by Gasteiger charge is -2.32. The van der Waals surface area contributed by atoms with Gasteiger partial charge in [0, 0.05) is 26.2 Å². The van der Waals surface area contributed by atoms with E-state index in [1.807, 2.05) is 11.9 Å². The molecule has 1 aliphatic carbocycles. The van der Waals surface area contributed by atoms with Gasteiger partial charge in [-0.3, -0.25) is 4.79 Å². The normalized spacial score (nSPS) is 18.8. The maximum absolute atomic E-state index is 14.3. The molecule has 1 saturated heterocycles. The van der Waals surface area contributed by atoms with Crippen molar-refractivity contribution in [3.63, 3.8) is 0 Å². The molecule has 2 aliphatic rings. The van der Waals surface area contributed by atoms with Crippen LogP contribution in [0.25, 0.3) is 10.3 Å². The molecular formula is C26H29BrF3N5O3S2. The number of rotatable bonds is 7. The van der Waals surface area contributed by atoms with Crippen LogP contribution in [0.1, 0.15) is 49.1 Å². The molecule has 1 aromatic carbocycles. The van der Waals surface area contributed by atoms with Gasteiger partial charge in [-0.05, 0) is 65.1 Å². The minimum absolute atomic E-state index is 0.109. The summed E-state index contributed by atoms with van der Waals surface area (Å²) in [6.45, 7) is 1.08. The van der Waals surface area contributed by atoms with Crippen LogP contribution in [-0.4, -0.2) is 66.7 Å². The lowest BCUT2D eigenvalue weighted by molar-refractivity contribution is -0.140. The third kappa shape index (κ3) is 6.35. The van der Waals surface area contributed by atoms with Gasteiger partial charge in [0.2, 0.25) is 15.9 Å². The lowest BCUT2D eigenvalue weighted by atomic mass is 9.86. The smallest absolute Gasteiger partial charge is 0.304 e. The number of aromatic nitrogens is 2. The highest BCUT2D eigenvalue weighted by Crippen LogP contribution is 2.40. The predicted molar refractivity (Wildman–Crippen MR) is 151 cm³/mol. The second-order valence-electron chi connectivity index (χ2n) is 10.4. The number of piperazine rings is 1. The molecule has 1 N–H and O–H groups in total. The Morgan fingerprint density at radius 2 is 1.82 bits per heavy atom. The van der Waals surface area contributed by atoms with E-state index in [4.69, 9.17) is 0 Å². The number of nitrogens with one attached hydrogen (secondary N) is 1. The molecule has 1 aliphatic heterocycles. The van der Waals surface area contributed by atoms with Crippen LogP contribution in [0, 0.1) is 5.92 Å². The van der Waals surface area contributed by atoms with Crippen molar-refractivity contribution >= 4 is 58.7 Å². The lowest BCUT2D eigenvalue weighted by Crippen LogP contribution is -2.47. The van der Waals surface area contributed by atoms with Crippen LogP contribution < -0.4 is 5.32 Å². The summed E-state index contributed by atoms with van der Waals surface area (Å²) in [5.41, 5.74) is -0.521. The Labute approximate surface area is 243 Å². The first-order chi connectivity index (χ1) is 18.9. The van der Waals surface area contributed by atoms with E-state index in [2.05, 4.69) is 31.2 Å². The van der Waals surface area contributed by atoms with Crippen LogP contribution in [-0.2, 0) is 21.0 Å². The third-order valence-electron chi connectivity index (χ3n) is 7.60. The zero-order chi connectivity index (χ0) is 28.7. The SMILES string of the molecule is CN1CCN(S(=O)(=O)c2ccc(C(CC3CCCC3)C(=O)Nc3nc4ccc(Br)nc4s3)cc2C(F)(F)F)CC1. The number of likely N-dealkylation sites (N-methyl/N-ethyl adjacent to an activating group) is 1. The molecule has 2 aromatic heterocycles. The van der Waals surface area contributed by atoms with Crippen molar-refractivity contribution in [2.45, 2.75) is 49.1 Å². The van der Waals surface area contributed by atoms with Crippen LogP contribution in [0.15, 0.2) is 39.8 Å². The van der Waals surface area contributed by atoms with Gasteiger partial charge in [0.1, 0.15) is 15.0 Å². The van der Waals surface area contributed by atoms with Crippen LogP contribution in [0.3, 0.4) is 0 Å². The Morgan fingerprint density at radius 1 is 1.12 bits per heavy atom. The first-order valence-electron chi connectivity index (χ1n) is 13.1. The number of nitrogens with zero attached hydrogens (tertiary/aromatic N) is 4. The first kappa shape index (κ1) is 29.4. The van der Waals surface area contributed by atoms with Gasteiger partial charge in [-0.2, -0.15) is 17.5 Å². The Bertz CT molecular complexity index is 1500. The second-order valence-corrected chi connectivity index (χ2v) is 14.1. The molecule has 8 nitrogen and oxygen atoms in total. The number of pyridine rings is 1. The summed E-state index contributed by atoms with van der Waals surface area (Å²) in [6, 6.07) is 6.70. The molecule has 0 radical (unpaired) electrons. The van der Waals surface area contributed by atoms with E-state index in [1.54, 1.807) is 12.1 Å². The number of fused-ring (bicyclic) bond motifs is 1. The van der Waals surface area contributed by atoms with E-state index in [0.29, 0.717) is 39.6 Å². The highest BCUT2D eigenvalue weighted by atomic mass is 79.9. The average Bonchev–Trinajstić information content (AvgIpc) is 3.55. The Kier molecular flexibility index (Phi) is 8.54. The summed E-state index contributed by atoms with van der Waals surface area (Å²) in [5.74, 6) is -1.20. The van der Waals surface area contributed by atoms with Gasteiger partial charge < -0.3 is 10.2 Å². The van der Waals surface area contributed by atoms with Gasteiger partial charge in [-0.25, -0.2) is 18.4 Å². The molecule has 0 bridgehead atoms. The number of hydrogen-bond acceptors (Lipinski definition) is 7. The molecule has 1 saturated carbocycles. The highest BCUT2D eigenvalue weighted by Gasteiger charge is 2.41. The maximum Gasteiger partial charge on any atom is 0.417 e. The van der Waals surface area contributed by atoms with Crippen molar-refractivity contribution in [1.29, 1.82) is 0 Å². The third-order valence-corrected chi connectivity index (χ3v) is 10.9. The fourth-order valence-electron chi connectivity index (χ4n) is 5.39. The highest BCUT2D eigenvalue weighted by molar-refractivity contribution is 9.10. The second kappa shape index (κ2) is 11.6. The van der Waals surface area contributed by atoms with E-state index in [1.165, 1.54) is 17.4 Å². The van der Waals surface area contributed by atoms with Gasteiger partial charge in [0.15, 0.2) is 5.13 Å². The summed E-state index contributed by atoms with van der Waals surface area (Å²) in [7, 11) is -2.55. The number of amides is 1. The summed E-state index contributed by atoms with van der Waals surface area (Å²) in [6.07, 6.45) is -0.759. The predicted octanol–water partition coefficient (Wildman–Crippen LogP) is 5.71. The van der Waals surface area contributed by atoms with Gasteiger partial charge >= 0.3 is 6.18 Å². The van der Waals surface area contributed by atoms with Crippen LogP contribution in [0.2, 0.25) is 0 Å². The number of carbonyl (C=O) groups is 1. The van der Waals surface area contributed by atoms with Crippen LogP contribution >= 0.6 is 27.3 Å². The van der Waals surface area contributed by atoms with Crippen molar-refractivity contribution in [2.75, 3.05) is 38.5 Å². The van der Waals surface area contributed by atoms with Crippen LogP contribution in [0.5, 0.6) is 0 Å². The number of thiazole rings is 1. The molecule has 1 unspecified atom stereocenters. The molecule has 5 rings (SSSR count). The summed E-state index contributed by atoms with van der Waals surface area (Å²) in [4.78, 5) is 24.1. The number of alkyl halides is 3. The van der Waals surface area contributed by atoms with Gasteiger partial charge in [-0.15, -0.1) is 0 Å². The van der Waals surface area contributed by atoms with Gasteiger partial charge in [-0.1, -0.05) is 43.1 Å². The summed E-state index contributed by atoms with van der Waals surface area (Å²) < 4.78 is 71.4. The monoisotopic (exact) mass is 659 g/mol. The van der Waals surface area contributed by atoms with E-state index in [0.717, 1.165) is 42.1 Å². The first-order valence-corrected chi connectivity index (χ1v) is 16.1. The van der Waals surface area contributed by atoms with Crippen molar-refractivity contribution in [1.82, 2.24) is 19.2 Å². The molecule has 0 spiro atoms. The Morgan fingerprint density at radius 3 is 2.50 bits per heavy atom. The fraction of sp³-hybridized carbons (Fsp3) is 0.500. The van der Waals surface area contributed by atoms with E-state index >= 15 is 0 Å². The average molecular weight is 661 g/mol. The van der Waals surface area contributed by atoms with Crippen molar-refractivity contribution in [2.24, 2.45) is 5.92 Å². The maximum atomic E-state index is 14.3. The number of carbonyl (C=O) groups excluding carboxylic acids is 1. The molecule has 1 amide bonds. The molecule has 1 atom stereocenters. The summed E-state index contributed by atoms with van der Waals surface area (Å²) >= 11 is 4.48. The molecule has 3 heterocycles. The topological polar surface area (TPSA) is 95.5 Å². The molecule has 14 heteroatoms. The minimum atomic E-state index is -4.93. The van der Waals surface area contributed by atoms with E-state index < -0.39 is 38.5 Å². The number of halogens is 4.